The number of morpholine rings is 1. The molecule has 8 nitrogen and oxygen atoms in total. The lowest BCUT2D eigenvalue weighted by Gasteiger charge is -2.30. The van der Waals surface area contributed by atoms with Crippen LogP contribution in [0.5, 0.6) is 5.75 Å². The van der Waals surface area contributed by atoms with E-state index in [1.165, 1.54) is 13.2 Å². The molecule has 1 aliphatic heterocycles. The number of nitrogens with one attached hydrogen (secondary N) is 1. The molecule has 0 unspecified atom stereocenters. The van der Waals surface area contributed by atoms with Gasteiger partial charge in [-0.25, -0.2) is 8.42 Å². The number of methoxy groups -OCH3 is 1. The van der Waals surface area contributed by atoms with E-state index in [0.717, 1.165) is 49.8 Å². The predicted molar refractivity (Wildman–Crippen MR) is 110 cm³/mol. The number of sulfonamides is 1. The molecule has 0 radical (unpaired) electrons. The molecule has 0 saturated carbocycles. The van der Waals surface area contributed by atoms with Crippen molar-refractivity contribution < 1.29 is 22.7 Å². The molecule has 1 aromatic carbocycles. The van der Waals surface area contributed by atoms with E-state index in [1.54, 1.807) is 19.1 Å². The molecule has 1 N–H and O–H groups in total. The summed E-state index contributed by atoms with van der Waals surface area (Å²) in [5.74, 6) is -0.0591. The minimum Gasteiger partial charge on any atom is -0.495 e. The molecule has 158 valence electrons. The van der Waals surface area contributed by atoms with E-state index in [2.05, 4.69) is 10.2 Å². The van der Waals surface area contributed by atoms with Gasteiger partial charge in [0, 0.05) is 24.7 Å². The van der Waals surface area contributed by atoms with Gasteiger partial charge < -0.3 is 14.8 Å². The Morgan fingerprint density at radius 2 is 2.07 bits per heavy atom. The SMILES string of the molecule is COc1ccc(Cl)cc1N([C@H](C)C(=O)NCCCN1CCOCC1)S(C)(=O)=O. The Hall–Kier alpha value is -1.55. The number of carbonyl (C=O) groups is 1. The fourth-order valence-corrected chi connectivity index (χ4v) is 4.44. The highest BCUT2D eigenvalue weighted by molar-refractivity contribution is 7.92. The van der Waals surface area contributed by atoms with Crippen LogP contribution in [-0.4, -0.2) is 78.0 Å². The van der Waals surface area contributed by atoms with Crippen LogP contribution in [0.15, 0.2) is 18.2 Å². The molecule has 0 aliphatic carbocycles. The Balaban J connectivity index is 2.03. The molecular formula is C18H28ClN3O5S. The van der Waals surface area contributed by atoms with E-state index in [9.17, 15) is 13.2 Å². The summed E-state index contributed by atoms with van der Waals surface area (Å²) in [4.78, 5) is 14.9. The second kappa shape index (κ2) is 10.3. The Labute approximate surface area is 171 Å². The molecule has 10 heteroatoms. The number of hydrogen-bond acceptors (Lipinski definition) is 6. The van der Waals surface area contributed by atoms with Gasteiger partial charge in [0.15, 0.2) is 0 Å². The van der Waals surface area contributed by atoms with E-state index < -0.39 is 16.1 Å². The Morgan fingerprint density at radius 1 is 1.39 bits per heavy atom. The summed E-state index contributed by atoms with van der Waals surface area (Å²) in [7, 11) is -2.31. The number of anilines is 1. The average Bonchev–Trinajstić information content (AvgIpc) is 2.65. The number of halogens is 1. The van der Waals surface area contributed by atoms with Crippen molar-refractivity contribution in [3.05, 3.63) is 23.2 Å². The molecular weight excluding hydrogens is 406 g/mol. The van der Waals surface area contributed by atoms with Gasteiger partial charge in [0.25, 0.3) is 0 Å². The van der Waals surface area contributed by atoms with E-state index in [0.29, 0.717) is 17.3 Å². The molecule has 0 spiro atoms. The van der Waals surface area contributed by atoms with Gasteiger partial charge in [-0.15, -0.1) is 0 Å². The number of amides is 1. The fourth-order valence-electron chi connectivity index (χ4n) is 3.10. The maximum absolute atomic E-state index is 12.6. The van der Waals surface area contributed by atoms with Crippen LogP contribution in [0.4, 0.5) is 5.69 Å². The van der Waals surface area contributed by atoms with Gasteiger partial charge in [-0.2, -0.15) is 0 Å². The largest absolute Gasteiger partial charge is 0.495 e. The van der Waals surface area contributed by atoms with Crippen molar-refractivity contribution in [3.63, 3.8) is 0 Å². The summed E-state index contributed by atoms with van der Waals surface area (Å²) in [6.07, 6.45) is 1.83. The third kappa shape index (κ3) is 6.23. The first-order chi connectivity index (χ1) is 13.2. The van der Waals surface area contributed by atoms with Crippen LogP contribution in [0.3, 0.4) is 0 Å². The highest BCUT2D eigenvalue weighted by atomic mass is 35.5. The van der Waals surface area contributed by atoms with Gasteiger partial charge in [-0.05, 0) is 38.1 Å². The summed E-state index contributed by atoms with van der Waals surface area (Å²) in [6.45, 7) is 6.10. The number of nitrogens with zero attached hydrogens (tertiary/aromatic N) is 2. The lowest BCUT2D eigenvalue weighted by molar-refractivity contribution is -0.121. The fraction of sp³-hybridized carbons (Fsp3) is 0.611. The maximum Gasteiger partial charge on any atom is 0.243 e. The zero-order valence-corrected chi connectivity index (χ0v) is 18.1. The highest BCUT2D eigenvalue weighted by Gasteiger charge is 2.31. The van der Waals surface area contributed by atoms with Crippen molar-refractivity contribution in [1.82, 2.24) is 10.2 Å². The molecule has 1 amide bonds. The van der Waals surface area contributed by atoms with Crippen molar-refractivity contribution in [2.24, 2.45) is 0 Å². The monoisotopic (exact) mass is 433 g/mol. The first-order valence-electron chi connectivity index (χ1n) is 9.15. The van der Waals surface area contributed by atoms with Crippen molar-refractivity contribution in [2.75, 3.05) is 57.1 Å². The van der Waals surface area contributed by atoms with E-state index in [4.69, 9.17) is 21.1 Å². The summed E-state index contributed by atoms with van der Waals surface area (Å²) in [5, 5.41) is 3.17. The second-order valence-electron chi connectivity index (χ2n) is 6.65. The molecule has 0 aromatic heterocycles. The maximum atomic E-state index is 12.6. The Morgan fingerprint density at radius 3 is 2.68 bits per heavy atom. The number of carbonyl (C=O) groups excluding carboxylic acids is 1. The number of benzene rings is 1. The summed E-state index contributed by atoms with van der Waals surface area (Å²) in [6, 6.07) is 3.69. The van der Waals surface area contributed by atoms with Crippen LogP contribution >= 0.6 is 11.6 Å². The van der Waals surface area contributed by atoms with Crippen LogP contribution in [0, 0.1) is 0 Å². The average molecular weight is 434 g/mol. The second-order valence-corrected chi connectivity index (χ2v) is 8.95. The Kier molecular flexibility index (Phi) is 8.36. The molecule has 1 aliphatic rings. The molecule has 1 fully saturated rings. The first-order valence-corrected chi connectivity index (χ1v) is 11.4. The molecule has 28 heavy (non-hydrogen) atoms. The lowest BCUT2D eigenvalue weighted by Crippen LogP contribution is -2.48. The van der Waals surface area contributed by atoms with Crippen LogP contribution in [0.1, 0.15) is 13.3 Å². The minimum atomic E-state index is -3.75. The van der Waals surface area contributed by atoms with Crippen LogP contribution in [0.25, 0.3) is 0 Å². The van der Waals surface area contributed by atoms with Crippen molar-refractivity contribution in [1.29, 1.82) is 0 Å². The van der Waals surface area contributed by atoms with E-state index in [1.807, 2.05) is 0 Å². The van der Waals surface area contributed by atoms with E-state index >= 15 is 0 Å². The number of ether oxygens (including phenoxy) is 2. The molecule has 1 heterocycles. The van der Waals surface area contributed by atoms with Crippen LogP contribution in [-0.2, 0) is 19.6 Å². The number of hydrogen-bond donors (Lipinski definition) is 1. The predicted octanol–water partition coefficient (Wildman–Crippen LogP) is 1.34. The quantitative estimate of drug-likeness (QED) is 0.591. The van der Waals surface area contributed by atoms with Crippen molar-refractivity contribution >= 4 is 33.2 Å². The van der Waals surface area contributed by atoms with Gasteiger partial charge in [0.05, 0.1) is 32.3 Å². The van der Waals surface area contributed by atoms with Gasteiger partial charge >= 0.3 is 0 Å². The van der Waals surface area contributed by atoms with Gasteiger partial charge in [0.1, 0.15) is 11.8 Å². The molecule has 1 atom stereocenters. The van der Waals surface area contributed by atoms with Gasteiger partial charge in [0.2, 0.25) is 15.9 Å². The van der Waals surface area contributed by atoms with Gasteiger partial charge in [-0.3, -0.25) is 14.0 Å². The third-order valence-electron chi connectivity index (χ3n) is 4.52. The topological polar surface area (TPSA) is 88.2 Å². The standard InChI is InChI=1S/C18H28ClN3O5S/c1-14(18(23)20-7-4-8-21-9-11-27-12-10-21)22(28(3,24)25)16-13-15(19)5-6-17(16)26-2/h5-6,13-14H,4,7-12H2,1-3H3,(H,20,23)/t14-/m1/s1. The first kappa shape index (κ1) is 22.7. The van der Waals surface area contributed by atoms with Gasteiger partial charge in [-0.1, -0.05) is 11.6 Å². The summed E-state index contributed by atoms with van der Waals surface area (Å²) in [5.41, 5.74) is 0.230. The van der Waals surface area contributed by atoms with Crippen LogP contribution < -0.4 is 14.4 Å². The summed E-state index contributed by atoms with van der Waals surface area (Å²) >= 11 is 6.04. The molecule has 1 aromatic rings. The zero-order valence-electron chi connectivity index (χ0n) is 16.5. The lowest BCUT2D eigenvalue weighted by atomic mass is 10.2. The van der Waals surface area contributed by atoms with Crippen LogP contribution in [0.2, 0.25) is 5.02 Å². The molecule has 0 bridgehead atoms. The number of rotatable bonds is 9. The third-order valence-corrected chi connectivity index (χ3v) is 5.98. The molecule has 2 rings (SSSR count). The minimum absolute atomic E-state index is 0.230. The summed E-state index contributed by atoms with van der Waals surface area (Å²) < 4.78 is 36.5. The smallest absolute Gasteiger partial charge is 0.243 e. The Bertz CT molecular complexity index is 768. The normalized spacial score (nSPS) is 16.4. The zero-order chi connectivity index (χ0) is 20.7. The molecule has 1 saturated heterocycles. The van der Waals surface area contributed by atoms with Crippen molar-refractivity contribution in [3.8, 4) is 5.75 Å². The highest BCUT2D eigenvalue weighted by Crippen LogP contribution is 2.34. The van der Waals surface area contributed by atoms with Crippen molar-refractivity contribution in [2.45, 2.75) is 19.4 Å². The van der Waals surface area contributed by atoms with E-state index in [-0.39, 0.29) is 11.6 Å².